The fraction of sp³-hybridized carbons (Fsp3) is 0.458. The van der Waals surface area contributed by atoms with Crippen LogP contribution in [0.4, 0.5) is 11.6 Å². The predicted molar refractivity (Wildman–Crippen MR) is 138 cm³/mol. The molecular formula is C24H33N9O3. The molecule has 1 amide bonds. The third kappa shape index (κ3) is 6.26. The lowest BCUT2D eigenvalue weighted by Crippen LogP contribution is -2.46. The molecule has 1 fully saturated rings. The fourth-order valence-electron chi connectivity index (χ4n) is 4.13. The number of aliphatic imine (C=N–C) groups is 2. The van der Waals surface area contributed by atoms with Crippen LogP contribution in [0.1, 0.15) is 22.3 Å². The number of rotatable bonds is 10. The van der Waals surface area contributed by atoms with E-state index in [-0.39, 0.29) is 11.5 Å². The second-order valence-corrected chi connectivity index (χ2v) is 8.49. The molecule has 0 spiro atoms. The highest BCUT2D eigenvalue weighted by Crippen LogP contribution is 2.42. The van der Waals surface area contributed by atoms with E-state index in [9.17, 15) is 4.79 Å². The Hall–Kier alpha value is -3.77. The van der Waals surface area contributed by atoms with Crippen LogP contribution in [-0.2, 0) is 6.54 Å². The Morgan fingerprint density at radius 3 is 2.75 bits per heavy atom. The number of carbonyl (C=O) groups is 1. The largest absolute Gasteiger partial charge is 0.491 e. The number of nitrogen functional groups attached to an aromatic ring is 1. The van der Waals surface area contributed by atoms with E-state index in [1.165, 1.54) is 12.4 Å². The van der Waals surface area contributed by atoms with Crippen LogP contribution in [0.3, 0.4) is 0 Å². The first-order chi connectivity index (χ1) is 17.6. The van der Waals surface area contributed by atoms with Gasteiger partial charge in [0.05, 0.1) is 25.8 Å². The summed E-state index contributed by atoms with van der Waals surface area (Å²) in [7, 11) is 1.59. The van der Waals surface area contributed by atoms with Crippen molar-refractivity contribution in [2.24, 2.45) is 9.98 Å². The molecule has 192 valence electrons. The molecule has 2 aliphatic heterocycles. The number of nitrogens with zero attached hydrogens (tertiary/aromatic N) is 6. The van der Waals surface area contributed by atoms with Crippen LogP contribution >= 0.6 is 0 Å². The maximum absolute atomic E-state index is 12.8. The zero-order chi connectivity index (χ0) is 25.3. The highest BCUT2D eigenvalue weighted by Gasteiger charge is 2.26. The van der Waals surface area contributed by atoms with Gasteiger partial charge in [-0.15, -0.1) is 0 Å². The molecular weight excluding hydrogens is 462 g/mol. The van der Waals surface area contributed by atoms with E-state index in [1.807, 2.05) is 17.0 Å². The molecule has 3 heterocycles. The van der Waals surface area contributed by atoms with Crippen molar-refractivity contribution in [2.45, 2.75) is 13.0 Å². The Kier molecular flexibility index (Phi) is 8.63. The Morgan fingerprint density at radius 2 is 2.03 bits per heavy atom. The summed E-state index contributed by atoms with van der Waals surface area (Å²) in [5.74, 6) is 1.24. The SMILES string of the molecule is C=NCCN1Cc2ccc(OCCCN3CCNCC3)c(OC)c2N=C1NC(=O)c1cnc(N)nc1. The van der Waals surface area contributed by atoms with E-state index < -0.39 is 5.91 Å². The average molecular weight is 496 g/mol. The fourth-order valence-corrected chi connectivity index (χ4v) is 4.13. The van der Waals surface area contributed by atoms with Crippen molar-refractivity contribution >= 4 is 30.2 Å². The van der Waals surface area contributed by atoms with Crippen LogP contribution in [0.5, 0.6) is 11.5 Å². The maximum Gasteiger partial charge on any atom is 0.261 e. The topological polar surface area (TPSA) is 143 Å². The van der Waals surface area contributed by atoms with Crippen molar-refractivity contribution in [3.8, 4) is 11.5 Å². The molecule has 12 nitrogen and oxygen atoms in total. The van der Waals surface area contributed by atoms with Crippen molar-refractivity contribution in [3.05, 3.63) is 35.7 Å². The van der Waals surface area contributed by atoms with Crippen molar-refractivity contribution < 1.29 is 14.3 Å². The Balaban J connectivity index is 1.51. The summed E-state index contributed by atoms with van der Waals surface area (Å²) in [6.45, 7) is 10.8. The Bertz CT molecular complexity index is 1080. The van der Waals surface area contributed by atoms with E-state index in [0.717, 1.165) is 44.7 Å². The van der Waals surface area contributed by atoms with Crippen LogP contribution in [-0.4, -0.2) is 97.9 Å². The number of guanidine groups is 1. The molecule has 0 bridgehead atoms. The number of methoxy groups -OCH3 is 1. The molecule has 36 heavy (non-hydrogen) atoms. The molecule has 0 unspecified atom stereocenters. The molecule has 4 rings (SSSR count). The first-order valence-electron chi connectivity index (χ1n) is 12.0. The quantitative estimate of drug-likeness (QED) is 0.320. The van der Waals surface area contributed by atoms with Crippen molar-refractivity contribution in [3.63, 3.8) is 0 Å². The van der Waals surface area contributed by atoms with E-state index in [1.54, 1.807) is 7.11 Å². The summed E-state index contributed by atoms with van der Waals surface area (Å²) in [5.41, 5.74) is 7.39. The van der Waals surface area contributed by atoms with E-state index in [2.05, 4.69) is 37.2 Å². The number of amides is 1. The number of hydrogen-bond acceptors (Lipinski definition) is 11. The minimum absolute atomic E-state index is 0.0966. The number of nitrogens with two attached hydrogens (primary N) is 1. The second kappa shape index (κ2) is 12.3. The summed E-state index contributed by atoms with van der Waals surface area (Å²) in [6.07, 6.45) is 3.66. The van der Waals surface area contributed by atoms with Crippen LogP contribution in [0, 0.1) is 0 Å². The zero-order valence-electron chi connectivity index (χ0n) is 20.6. The van der Waals surface area contributed by atoms with Gasteiger partial charge in [-0.2, -0.15) is 0 Å². The van der Waals surface area contributed by atoms with Gasteiger partial charge in [-0.1, -0.05) is 6.07 Å². The minimum atomic E-state index is -0.395. The van der Waals surface area contributed by atoms with Gasteiger partial charge in [-0.05, 0) is 19.2 Å². The van der Waals surface area contributed by atoms with E-state index in [4.69, 9.17) is 20.2 Å². The lowest BCUT2D eigenvalue weighted by Gasteiger charge is -2.31. The summed E-state index contributed by atoms with van der Waals surface area (Å²) < 4.78 is 11.8. The highest BCUT2D eigenvalue weighted by atomic mass is 16.5. The normalized spacial score (nSPS) is 15.6. The molecule has 4 N–H and O–H groups in total. The average Bonchev–Trinajstić information content (AvgIpc) is 2.90. The number of hydrogen-bond donors (Lipinski definition) is 3. The summed E-state index contributed by atoms with van der Waals surface area (Å²) in [6, 6.07) is 3.89. The van der Waals surface area contributed by atoms with Crippen molar-refractivity contribution in [2.75, 3.05) is 65.3 Å². The van der Waals surface area contributed by atoms with Crippen LogP contribution in [0.15, 0.2) is 34.5 Å². The lowest BCUT2D eigenvalue weighted by atomic mass is 10.1. The van der Waals surface area contributed by atoms with E-state index in [0.29, 0.717) is 49.4 Å². The molecule has 12 heteroatoms. The maximum atomic E-state index is 12.8. The molecule has 0 radical (unpaired) electrons. The summed E-state index contributed by atoms with van der Waals surface area (Å²) in [5, 5.41) is 6.23. The number of piperazine rings is 1. The van der Waals surface area contributed by atoms with Gasteiger partial charge in [-0.25, -0.2) is 15.0 Å². The molecule has 1 saturated heterocycles. The van der Waals surface area contributed by atoms with E-state index >= 15 is 0 Å². The minimum Gasteiger partial charge on any atom is -0.491 e. The van der Waals surface area contributed by atoms with Gasteiger partial charge in [0.1, 0.15) is 5.69 Å². The standard InChI is InChI=1S/C24H33N9O3/c1-26-6-12-33-16-17-4-5-19(36-13-3-9-32-10-7-27-8-11-32)21(35-2)20(17)30-24(33)31-22(34)18-14-28-23(25)29-15-18/h4-5,14-15,27H,1,3,6-13,16H2,2H3,(H2,25,28,29)(H,30,31,34). The number of ether oxygens (including phenoxy) is 2. The monoisotopic (exact) mass is 495 g/mol. The Morgan fingerprint density at radius 1 is 1.25 bits per heavy atom. The van der Waals surface area contributed by atoms with Gasteiger partial charge >= 0.3 is 0 Å². The molecule has 0 aliphatic carbocycles. The Labute approximate surface area is 210 Å². The first-order valence-corrected chi connectivity index (χ1v) is 12.0. The van der Waals surface area contributed by atoms with Crippen molar-refractivity contribution in [1.29, 1.82) is 0 Å². The number of benzene rings is 1. The zero-order valence-corrected chi connectivity index (χ0v) is 20.6. The lowest BCUT2D eigenvalue weighted by molar-refractivity contribution is 0.0971. The number of anilines is 1. The number of nitrogens with one attached hydrogen (secondary N) is 2. The predicted octanol–water partition coefficient (Wildman–Crippen LogP) is 0.675. The molecule has 1 aromatic carbocycles. The van der Waals surface area contributed by atoms with Crippen LogP contribution in [0.2, 0.25) is 0 Å². The van der Waals surface area contributed by atoms with Gasteiger partial charge in [0.25, 0.3) is 5.91 Å². The number of aromatic nitrogens is 2. The summed E-state index contributed by atoms with van der Waals surface area (Å²) in [4.78, 5) is 33.7. The van der Waals surface area contributed by atoms with Crippen LogP contribution in [0.25, 0.3) is 0 Å². The number of fused-ring (bicyclic) bond motifs is 1. The molecule has 0 saturated carbocycles. The van der Waals surface area contributed by atoms with Gasteiger partial charge in [0, 0.05) is 63.8 Å². The van der Waals surface area contributed by atoms with Gasteiger partial charge in [0.15, 0.2) is 11.5 Å². The van der Waals surface area contributed by atoms with Gasteiger partial charge in [-0.3, -0.25) is 15.1 Å². The van der Waals surface area contributed by atoms with Crippen molar-refractivity contribution in [1.82, 2.24) is 30.4 Å². The van der Waals surface area contributed by atoms with Gasteiger partial charge in [0.2, 0.25) is 11.9 Å². The third-order valence-corrected chi connectivity index (χ3v) is 6.03. The molecule has 2 aliphatic rings. The first kappa shape index (κ1) is 25.3. The summed E-state index contributed by atoms with van der Waals surface area (Å²) >= 11 is 0. The smallest absolute Gasteiger partial charge is 0.261 e. The van der Waals surface area contributed by atoms with Gasteiger partial charge < -0.3 is 30.3 Å². The highest BCUT2D eigenvalue weighted by molar-refractivity contribution is 6.06. The molecule has 1 aromatic heterocycles. The third-order valence-electron chi connectivity index (χ3n) is 6.03. The molecule has 0 atom stereocenters. The second-order valence-electron chi connectivity index (χ2n) is 8.49. The van der Waals surface area contributed by atoms with Crippen LogP contribution < -0.4 is 25.8 Å². The number of carbonyl (C=O) groups excluding carboxylic acids is 1. The molecule has 2 aromatic rings.